The molecule has 1 aliphatic heterocycles. The number of thiazole rings is 1. The van der Waals surface area contributed by atoms with E-state index >= 15 is 0 Å². The largest absolute Gasteiger partial charge is 0.341 e. The molecule has 1 fully saturated rings. The van der Waals surface area contributed by atoms with Crippen LogP contribution in [0.3, 0.4) is 0 Å². The Labute approximate surface area is 154 Å². The molecule has 2 N–H and O–H groups in total. The van der Waals surface area contributed by atoms with Gasteiger partial charge >= 0.3 is 0 Å². The summed E-state index contributed by atoms with van der Waals surface area (Å²) < 4.78 is 0.749. The van der Waals surface area contributed by atoms with E-state index in [0.717, 1.165) is 32.9 Å². The van der Waals surface area contributed by atoms with Gasteiger partial charge in [-0.05, 0) is 18.6 Å². The standard InChI is InChI=1S/C13H14ClN3OS2.2ClH/c14-11-2-1-10(20-11)13-16-9(7-19-13)5-12(18)17-4-3-8(15)6-17;;/h1-2,7-8H,3-6,15H2;2*1H/t8-;;/m1../s1. The molecule has 0 radical (unpaired) electrons. The van der Waals surface area contributed by atoms with Gasteiger partial charge < -0.3 is 10.6 Å². The second-order valence-electron chi connectivity index (χ2n) is 4.81. The van der Waals surface area contributed by atoms with Gasteiger partial charge in [0, 0.05) is 24.5 Å². The average Bonchev–Trinajstić information content (AvgIpc) is 3.10. The third-order valence-electron chi connectivity index (χ3n) is 3.25. The SMILES string of the molecule is Cl.Cl.N[C@@H]1CCN(C(=O)Cc2csc(-c3ccc(Cl)s3)n2)C1. The van der Waals surface area contributed by atoms with Gasteiger partial charge in [0.15, 0.2) is 0 Å². The number of carbonyl (C=O) groups excluding carboxylic acids is 1. The zero-order valence-corrected chi connectivity index (χ0v) is 15.6. The van der Waals surface area contributed by atoms with E-state index in [2.05, 4.69) is 4.98 Å². The normalized spacial score (nSPS) is 17.0. The topological polar surface area (TPSA) is 59.2 Å². The summed E-state index contributed by atoms with van der Waals surface area (Å²) in [5.41, 5.74) is 6.64. The Bertz CT molecular complexity index is 632. The zero-order valence-electron chi connectivity index (χ0n) is 11.5. The van der Waals surface area contributed by atoms with Crippen molar-refractivity contribution in [1.29, 1.82) is 0 Å². The van der Waals surface area contributed by atoms with Crippen molar-refractivity contribution in [2.24, 2.45) is 5.73 Å². The van der Waals surface area contributed by atoms with E-state index in [9.17, 15) is 4.79 Å². The Kier molecular flexibility index (Phi) is 7.58. The van der Waals surface area contributed by atoms with Crippen LogP contribution < -0.4 is 5.73 Å². The lowest BCUT2D eigenvalue weighted by Gasteiger charge is -2.14. The van der Waals surface area contributed by atoms with Crippen LogP contribution in [0, 0.1) is 0 Å². The van der Waals surface area contributed by atoms with E-state index in [0.29, 0.717) is 13.0 Å². The molecule has 2 aromatic heterocycles. The third-order valence-corrected chi connectivity index (χ3v) is 5.54. The molecular weight excluding hydrogens is 385 g/mol. The molecule has 2 aromatic rings. The molecule has 0 aromatic carbocycles. The number of hydrogen-bond donors (Lipinski definition) is 1. The molecule has 122 valence electrons. The van der Waals surface area contributed by atoms with Crippen molar-refractivity contribution < 1.29 is 4.79 Å². The number of halogens is 3. The molecule has 4 nitrogen and oxygen atoms in total. The van der Waals surface area contributed by atoms with Crippen LogP contribution >= 0.6 is 59.1 Å². The molecule has 22 heavy (non-hydrogen) atoms. The first-order valence-electron chi connectivity index (χ1n) is 6.35. The zero-order chi connectivity index (χ0) is 14.1. The maximum atomic E-state index is 12.1. The highest BCUT2D eigenvalue weighted by Crippen LogP contribution is 2.33. The van der Waals surface area contributed by atoms with E-state index in [1.807, 2.05) is 22.4 Å². The highest BCUT2D eigenvalue weighted by molar-refractivity contribution is 7.23. The first-order chi connectivity index (χ1) is 9.61. The maximum Gasteiger partial charge on any atom is 0.228 e. The van der Waals surface area contributed by atoms with Gasteiger partial charge in [-0.1, -0.05) is 11.6 Å². The van der Waals surface area contributed by atoms with Crippen LogP contribution in [0.2, 0.25) is 4.34 Å². The van der Waals surface area contributed by atoms with Crippen molar-refractivity contribution >= 4 is 65.0 Å². The fourth-order valence-electron chi connectivity index (χ4n) is 2.21. The number of likely N-dealkylation sites (tertiary alicyclic amines) is 1. The van der Waals surface area contributed by atoms with Gasteiger partial charge in [-0.2, -0.15) is 0 Å². The summed E-state index contributed by atoms with van der Waals surface area (Å²) in [6, 6.07) is 3.94. The van der Waals surface area contributed by atoms with Crippen LogP contribution in [0.5, 0.6) is 0 Å². The number of nitrogens with zero attached hydrogens (tertiary/aromatic N) is 2. The van der Waals surface area contributed by atoms with Gasteiger partial charge in [0.1, 0.15) is 5.01 Å². The Morgan fingerprint density at radius 2 is 2.23 bits per heavy atom. The fourth-order valence-corrected chi connectivity index (χ4v) is 4.15. The predicted molar refractivity (Wildman–Crippen MR) is 97.8 cm³/mol. The number of nitrogens with two attached hydrogens (primary N) is 1. The fraction of sp³-hybridized carbons (Fsp3) is 0.385. The van der Waals surface area contributed by atoms with Gasteiger partial charge in [0.25, 0.3) is 0 Å². The Morgan fingerprint density at radius 1 is 1.45 bits per heavy atom. The minimum absolute atomic E-state index is 0. The summed E-state index contributed by atoms with van der Waals surface area (Å²) in [5, 5.41) is 2.86. The van der Waals surface area contributed by atoms with Crippen molar-refractivity contribution in [3.05, 3.63) is 27.5 Å². The van der Waals surface area contributed by atoms with E-state index in [1.165, 1.54) is 11.3 Å². The molecule has 3 heterocycles. The summed E-state index contributed by atoms with van der Waals surface area (Å²) in [6.07, 6.45) is 1.24. The van der Waals surface area contributed by atoms with Crippen LogP contribution in [0.25, 0.3) is 9.88 Å². The van der Waals surface area contributed by atoms with Crippen LogP contribution in [-0.2, 0) is 11.2 Å². The van der Waals surface area contributed by atoms with E-state index in [4.69, 9.17) is 17.3 Å². The Morgan fingerprint density at radius 3 is 2.82 bits per heavy atom. The molecule has 1 saturated heterocycles. The maximum absolute atomic E-state index is 12.1. The van der Waals surface area contributed by atoms with E-state index in [1.54, 1.807) is 11.3 Å². The average molecular weight is 401 g/mol. The lowest BCUT2D eigenvalue weighted by Crippen LogP contribution is -2.32. The summed E-state index contributed by atoms with van der Waals surface area (Å²) in [5.74, 6) is 0.110. The lowest BCUT2D eigenvalue weighted by molar-refractivity contribution is -0.129. The molecule has 0 saturated carbocycles. The number of rotatable bonds is 3. The number of thiophene rings is 1. The first-order valence-corrected chi connectivity index (χ1v) is 8.42. The van der Waals surface area contributed by atoms with Crippen LogP contribution in [0.1, 0.15) is 12.1 Å². The Hall–Kier alpha value is -0.370. The van der Waals surface area contributed by atoms with Gasteiger partial charge in [0.2, 0.25) is 5.91 Å². The van der Waals surface area contributed by atoms with Gasteiger partial charge in [-0.25, -0.2) is 4.98 Å². The van der Waals surface area contributed by atoms with E-state index < -0.39 is 0 Å². The van der Waals surface area contributed by atoms with Crippen molar-refractivity contribution in [2.45, 2.75) is 18.9 Å². The van der Waals surface area contributed by atoms with Crippen LogP contribution in [-0.4, -0.2) is 34.9 Å². The minimum atomic E-state index is 0. The van der Waals surface area contributed by atoms with E-state index in [-0.39, 0.29) is 36.8 Å². The molecular formula is C13H16Cl3N3OS2. The molecule has 1 amide bonds. The molecule has 0 spiro atoms. The molecule has 0 bridgehead atoms. The molecule has 1 aliphatic rings. The van der Waals surface area contributed by atoms with Gasteiger partial charge in [-0.15, -0.1) is 47.5 Å². The summed E-state index contributed by atoms with van der Waals surface area (Å²) in [6.45, 7) is 1.42. The van der Waals surface area contributed by atoms with Crippen molar-refractivity contribution in [3.8, 4) is 9.88 Å². The summed E-state index contributed by atoms with van der Waals surface area (Å²) in [4.78, 5) is 19.5. The Balaban J connectivity index is 0.00000121. The van der Waals surface area contributed by atoms with Crippen molar-refractivity contribution in [2.75, 3.05) is 13.1 Å². The lowest BCUT2D eigenvalue weighted by atomic mass is 10.3. The second-order valence-corrected chi connectivity index (χ2v) is 7.39. The third kappa shape index (κ3) is 4.57. The van der Waals surface area contributed by atoms with Gasteiger partial charge in [0.05, 0.1) is 21.3 Å². The number of aromatic nitrogens is 1. The predicted octanol–water partition coefficient (Wildman–Crippen LogP) is 3.47. The molecule has 9 heteroatoms. The number of carbonyl (C=O) groups is 1. The molecule has 1 atom stereocenters. The first kappa shape index (κ1) is 19.7. The number of amides is 1. The highest BCUT2D eigenvalue weighted by Gasteiger charge is 2.24. The van der Waals surface area contributed by atoms with Gasteiger partial charge in [-0.3, -0.25) is 4.79 Å². The summed E-state index contributed by atoms with van der Waals surface area (Å²) >= 11 is 8.97. The second kappa shape index (κ2) is 8.47. The highest BCUT2D eigenvalue weighted by atomic mass is 35.5. The monoisotopic (exact) mass is 399 g/mol. The number of hydrogen-bond acceptors (Lipinski definition) is 5. The summed E-state index contributed by atoms with van der Waals surface area (Å²) in [7, 11) is 0. The molecule has 0 unspecified atom stereocenters. The van der Waals surface area contributed by atoms with Crippen LogP contribution in [0.4, 0.5) is 0 Å². The molecule has 3 rings (SSSR count). The quantitative estimate of drug-likeness (QED) is 0.858. The smallest absolute Gasteiger partial charge is 0.228 e. The minimum Gasteiger partial charge on any atom is -0.341 e. The van der Waals surface area contributed by atoms with Crippen LogP contribution in [0.15, 0.2) is 17.5 Å². The molecule has 0 aliphatic carbocycles. The van der Waals surface area contributed by atoms with Crippen molar-refractivity contribution in [1.82, 2.24) is 9.88 Å². The van der Waals surface area contributed by atoms with Crippen molar-refractivity contribution in [3.63, 3.8) is 0 Å².